The normalized spacial score (nSPS) is 13.1. The Balaban J connectivity index is 1.72. The summed E-state index contributed by atoms with van der Waals surface area (Å²) in [5.74, 6) is 1.24. The fourth-order valence-corrected chi connectivity index (χ4v) is 4.91. The number of fused-ring (bicyclic) bond motifs is 1. The lowest BCUT2D eigenvalue weighted by molar-refractivity contribution is -0.140. The van der Waals surface area contributed by atoms with Crippen molar-refractivity contribution in [2.45, 2.75) is 45.7 Å². The van der Waals surface area contributed by atoms with E-state index in [4.69, 9.17) is 14.2 Å². The third-order valence-electron chi connectivity index (χ3n) is 6.02. The third-order valence-corrected chi connectivity index (χ3v) is 7.22. The molecule has 0 fully saturated rings. The van der Waals surface area contributed by atoms with Crippen molar-refractivity contribution in [3.05, 3.63) is 48.0 Å². The molecule has 1 aliphatic rings. The highest BCUT2D eigenvalue weighted by atomic mass is 32.2. The fraction of sp³-hybridized carbons (Fsp3) is 0.462. The summed E-state index contributed by atoms with van der Waals surface area (Å²) >= 11 is 0. The Morgan fingerprint density at radius 1 is 1.11 bits per heavy atom. The highest BCUT2D eigenvalue weighted by Crippen LogP contribution is 2.36. The first-order valence-corrected chi connectivity index (χ1v) is 14.1. The van der Waals surface area contributed by atoms with Gasteiger partial charge in [-0.05, 0) is 49.6 Å². The van der Waals surface area contributed by atoms with Gasteiger partial charge in [-0.2, -0.15) is 0 Å². The molecule has 1 unspecified atom stereocenters. The molecule has 1 aliphatic heterocycles. The van der Waals surface area contributed by atoms with Gasteiger partial charge in [-0.1, -0.05) is 19.1 Å². The maximum absolute atomic E-state index is 13.3. The monoisotopic (exact) mass is 533 g/mol. The van der Waals surface area contributed by atoms with Gasteiger partial charge < -0.3 is 24.4 Å². The number of nitrogens with one attached hydrogen (secondary N) is 1. The van der Waals surface area contributed by atoms with Crippen molar-refractivity contribution < 1.29 is 32.2 Å². The Bertz CT molecular complexity index is 1190. The molecule has 0 bridgehead atoms. The molecule has 10 nitrogen and oxygen atoms in total. The first-order valence-electron chi connectivity index (χ1n) is 12.2. The van der Waals surface area contributed by atoms with E-state index in [-0.39, 0.29) is 44.5 Å². The molecular formula is C26H35N3O7S. The summed E-state index contributed by atoms with van der Waals surface area (Å²) in [6.45, 7) is 4.59. The van der Waals surface area contributed by atoms with E-state index in [1.165, 1.54) is 9.21 Å². The predicted molar refractivity (Wildman–Crippen MR) is 140 cm³/mol. The summed E-state index contributed by atoms with van der Waals surface area (Å²) in [7, 11) is -2.04. The van der Waals surface area contributed by atoms with Gasteiger partial charge in [0.05, 0.1) is 19.1 Å². The molecule has 2 amide bonds. The summed E-state index contributed by atoms with van der Waals surface area (Å²) in [4.78, 5) is 27.5. The number of hydrogen-bond acceptors (Lipinski definition) is 7. The molecular weight excluding hydrogens is 498 g/mol. The van der Waals surface area contributed by atoms with Gasteiger partial charge in [-0.25, -0.2) is 8.42 Å². The molecule has 0 saturated heterocycles. The van der Waals surface area contributed by atoms with Gasteiger partial charge in [0.2, 0.25) is 28.6 Å². The maximum Gasteiger partial charge on any atom is 0.242 e. The van der Waals surface area contributed by atoms with Crippen molar-refractivity contribution >= 4 is 27.5 Å². The molecule has 11 heteroatoms. The van der Waals surface area contributed by atoms with E-state index in [0.29, 0.717) is 29.5 Å². The molecule has 0 aliphatic carbocycles. The van der Waals surface area contributed by atoms with E-state index in [1.807, 2.05) is 19.1 Å². The molecule has 0 radical (unpaired) electrons. The van der Waals surface area contributed by atoms with Crippen molar-refractivity contribution in [1.82, 2.24) is 10.2 Å². The molecule has 1 N–H and O–H groups in total. The van der Waals surface area contributed by atoms with Crippen LogP contribution < -0.4 is 23.8 Å². The summed E-state index contributed by atoms with van der Waals surface area (Å²) in [6, 6.07) is 11.5. The van der Waals surface area contributed by atoms with Gasteiger partial charge in [-0.3, -0.25) is 13.9 Å². The molecule has 1 heterocycles. The molecule has 202 valence electrons. The lowest BCUT2D eigenvalue weighted by Crippen LogP contribution is -2.47. The largest absolute Gasteiger partial charge is 0.497 e. The molecule has 0 saturated carbocycles. The Morgan fingerprint density at radius 2 is 1.81 bits per heavy atom. The van der Waals surface area contributed by atoms with Crippen LogP contribution in [0.3, 0.4) is 0 Å². The molecule has 0 spiro atoms. The number of ether oxygens (including phenoxy) is 3. The van der Waals surface area contributed by atoms with Gasteiger partial charge in [0.15, 0.2) is 11.5 Å². The van der Waals surface area contributed by atoms with Crippen molar-refractivity contribution in [2.75, 3.05) is 37.6 Å². The Hall–Kier alpha value is -3.47. The highest BCUT2D eigenvalue weighted by molar-refractivity contribution is 7.92. The van der Waals surface area contributed by atoms with Gasteiger partial charge in [0.25, 0.3) is 0 Å². The highest BCUT2D eigenvalue weighted by Gasteiger charge is 2.27. The molecule has 1 atom stereocenters. The minimum atomic E-state index is -3.61. The molecule has 0 aromatic heterocycles. The predicted octanol–water partition coefficient (Wildman–Crippen LogP) is 2.91. The number of nitrogens with zero attached hydrogens (tertiary/aromatic N) is 2. The molecule has 2 aromatic carbocycles. The SMILES string of the molecule is CCCNC(=O)C(C)N(Cc1ccc(OC)cc1)C(=O)CCCN(c1ccc2c(c1)OCO2)S(C)(=O)=O. The van der Waals surface area contributed by atoms with Crippen LogP contribution in [0.5, 0.6) is 17.2 Å². The van der Waals surface area contributed by atoms with Crippen LogP contribution in [-0.4, -0.2) is 64.4 Å². The number of hydrogen-bond donors (Lipinski definition) is 1. The molecule has 37 heavy (non-hydrogen) atoms. The number of sulfonamides is 1. The van der Waals surface area contributed by atoms with Crippen LogP contribution in [0.1, 0.15) is 38.7 Å². The van der Waals surface area contributed by atoms with Gasteiger partial charge >= 0.3 is 0 Å². The first-order chi connectivity index (χ1) is 17.6. The van der Waals surface area contributed by atoms with Crippen LogP contribution >= 0.6 is 0 Å². The third kappa shape index (κ3) is 7.51. The summed E-state index contributed by atoms with van der Waals surface area (Å²) in [5, 5.41) is 2.85. The maximum atomic E-state index is 13.3. The van der Waals surface area contributed by atoms with Crippen molar-refractivity contribution in [3.8, 4) is 17.2 Å². The number of carbonyl (C=O) groups is 2. The number of anilines is 1. The van der Waals surface area contributed by atoms with E-state index < -0.39 is 16.1 Å². The zero-order valence-electron chi connectivity index (χ0n) is 21.7. The number of benzene rings is 2. The Kier molecular flexibility index (Phi) is 9.62. The molecule has 3 rings (SSSR count). The second-order valence-corrected chi connectivity index (χ2v) is 10.7. The number of methoxy groups -OCH3 is 1. The Morgan fingerprint density at radius 3 is 2.46 bits per heavy atom. The van der Waals surface area contributed by atoms with E-state index in [2.05, 4.69) is 5.32 Å². The van der Waals surface area contributed by atoms with Gasteiger partial charge in [-0.15, -0.1) is 0 Å². The van der Waals surface area contributed by atoms with E-state index >= 15 is 0 Å². The average molecular weight is 534 g/mol. The summed E-state index contributed by atoms with van der Waals surface area (Å²) < 4.78 is 42.2. The van der Waals surface area contributed by atoms with E-state index in [1.54, 1.807) is 44.4 Å². The standard InChI is InChI=1S/C26H35N3O7S/c1-5-14-27-26(31)19(2)28(17-20-8-11-22(34-3)12-9-20)25(30)7-6-15-29(37(4,32)33)21-10-13-23-24(16-21)36-18-35-23/h8-13,16,19H,5-7,14-15,17-18H2,1-4H3,(H,27,31). The van der Waals surface area contributed by atoms with Crippen LogP contribution in [-0.2, 0) is 26.2 Å². The van der Waals surface area contributed by atoms with Crippen LogP contribution in [0, 0.1) is 0 Å². The second-order valence-electron chi connectivity index (χ2n) is 8.81. The van der Waals surface area contributed by atoms with Crippen molar-refractivity contribution in [3.63, 3.8) is 0 Å². The topological polar surface area (TPSA) is 114 Å². The quantitative estimate of drug-likeness (QED) is 0.421. The lowest BCUT2D eigenvalue weighted by Gasteiger charge is -2.29. The lowest BCUT2D eigenvalue weighted by atomic mass is 10.1. The molecule has 2 aromatic rings. The summed E-state index contributed by atoms with van der Waals surface area (Å²) in [5.41, 5.74) is 1.28. The fourth-order valence-electron chi connectivity index (χ4n) is 3.95. The minimum Gasteiger partial charge on any atom is -0.497 e. The van der Waals surface area contributed by atoms with E-state index in [9.17, 15) is 18.0 Å². The smallest absolute Gasteiger partial charge is 0.242 e. The van der Waals surface area contributed by atoms with E-state index in [0.717, 1.165) is 18.2 Å². The van der Waals surface area contributed by atoms with Crippen LogP contribution in [0.15, 0.2) is 42.5 Å². The van der Waals surface area contributed by atoms with Crippen LogP contribution in [0.25, 0.3) is 0 Å². The van der Waals surface area contributed by atoms with Crippen LogP contribution in [0.2, 0.25) is 0 Å². The van der Waals surface area contributed by atoms with Crippen LogP contribution in [0.4, 0.5) is 5.69 Å². The van der Waals surface area contributed by atoms with Crippen molar-refractivity contribution in [2.24, 2.45) is 0 Å². The average Bonchev–Trinajstić information content (AvgIpc) is 3.35. The number of amides is 2. The Labute approximate surface area is 218 Å². The van der Waals surface area contributed by atoms with Gasteiger partial charge in [0.1, 0.15) is 11.8 Å². The van der Waals surface area contributed by atoms with Gasteiger partial charge in [0, 0.05) is 32.1 Å². The zero-order valence-corrected chi connectivity index (χ0v) is 22.5. The summed E-state index contributed by atoms with van der Waals surface area (Å²) in [6.07, 6.45) is 2.24. The van der Waals surface area contributed by atoms with Crippen molar-refractivity contribution in [1.29, 1.82) is 0 Å². The second kappa shape index (κ2) is 12.7. The zero-order chi connectivity index (χ0) is 27.0. The first kappa shape index (κ1) is 28.1. The minimum absolute atomic E-state index is 0.0676. The number of carbonyl (C=O) groups excluding carboxylic acids is 2. The number of rotatable bonds is 13.